The molecule has 0 saturated carbocycles. The Labute approximate surface area is 151 Å². The number of carbonyl (C=O) groups excluding carboxylic acids is 2. The lowest BCUT2D eigenvalue weighted by molar-refractivity contribution is -0.130. The molecule has 134 valence electrons. The monoisotopic (exact) mass is 382 g/mol. The Morgan fingerprint density at radius 3 is 2.52 bits per heavy atom. The van der Waals surface area contributed by atoms with Gasteiger partial charge >= 0.3 is 0 Å². The molecule has 4 N–H and O–H groups in total. The van der Waals surface area contributed by atoms with Gasteiger partial charge in [-0.1, -0.05) is 12.1 Å². The first-order chi connectivity index (χ1) is 11.6. The molecule has 0 spiro atoms. The molecule has 0 radical (unpaired) electrons. The number of nitrogens with one attached hydrogen (secondary N) is 1. The van der Waals surface area contributed by atoms with Crippen molar-refractivity contribution in [3.05, 3.63) is 35.9 Å². The van der Waals surface area contributed by atoms with E-state index >= 15 is 0 Å². The summed E-state index contributed by atoms with van der Waals surface area (Å²) < 4.78 is 18.3. The molecule has 1 atom stereocenters. The van der Waals surface area contributed by atoms with Gasteiger partial charge in [-0.3, -0.25) is 9.59 Å². The third kappa shape index (κ3) is 4.25. The Kier molecular flexibility index (Phi) is 5.61. The van der Waals surface area contributed by atoms with Crippen LogP contribution < -0.4 is 15.8 Å². The van der Waals surface area contributed by atoms with Gasteiger partial charge < -0.3 is 20.9 Å². The summed E-state index contributed by atoms with van der Waals surface area (Å²) in [6.07, 6.45) is 0. The molecule has 0 bridgehead atoms. The Morgan fingerprint density at radius 2 is 1.96 bits per heavy atom. The van der Waals surface area contributed by atoms with E-state index in [4.69, 9.17) is 10.5 Å². The lowest BCUT2D eigenvalue weighted by atomic mass is 10.1. The van der Waals surface area contributed by atoms with E-state index in [2.05, 4.69) is 5.32 Å². The molecule has 0 aliphatic carbocycles. The Bertz CT molecular complexity index is 839. The number of hydrogen-bond donors (Lipinski definition) is 3. The number of primary amides is 1. The van der Waals surface area contributed by atoms with E-state index in [1.54, 1.807) is 24.3 Å². The van der Waals surface area contributed by atoms with Crippen LogP contribution in [0.5, 0.6) is 5.75 Å². The third-order valence-corrected chi connectivity index (χ3v) is 5.98. The van der Waals surface area contributed by atoms with Crippen molar-refractivity contribution in [2.75, 3.05) is 12.4 Å². The summed E-state index contributed by atoms with van der Waals surface area (Å²) in [7, 11) is -0.162. The molecule has 1 heterocycles. The Balaban J connectivity index is 2.43. The van der Waals surface area contributed by atoms with Crippen LogP contribution in [-0.2, 0) is 15.6 Å². The first-order valence-electron chi connectivity index (χ1n) is 7.17. The molecule has 2 amide bonds. The standard InChI is InChI=1S/C16H18N2O5S2/c1-16(2,21)15(20)18-14-9(13(17)19)8-12(24-14)25(22)11-7-5-4-6-10(11)23-3/h4-8,21H,1-3H3,(H2,17,19)(H,18,20). The predicted molar refractivity (Wildman–Crippen MR) is 95.4 cm³/mol. The summed E-state index contributed by atoms with van der Waals surface area (Å²) in [5, 5.41) is 12.3. The first-order valence-corrected chi connectivity index (χ1v) is 9.14. The molecule has 0 fully saturated rings. The molecule has 2 rings (SSSR count). The van der Waals surface area contributed by atoms with E-state index in [0.29, 0.717) is 14.9 Å². The molecular weight excluding hydrogens is 364 g/mol. The number of benzene rings is 1. The molecule has 25 heavy (non-hydrogen) atoms. The number of methoxy groups -OCH3 is 1. The maximum Gasteiger partial charge on any atom is 0.256 e. The SMILES string of the molecule is COc1ccccc1S(=O)c1cc(C(N)=O)c(NC(=O)C(C)(C)O)s1. The smallest absolute Gasteiger partial charge is 0.256 e. The lowest BCUT2D eigenvalue weighted by Crippen LogP contribution is -2.36. The average molecular weight is 382 g/mol. The van der Waals surface area contributed by atoms with Crippen molar-refractivity contribution in [3.8, 4) is 5.75 Å². The minimum absolute atomic E-state index is 0.0286. The molecule has 0 aliphatic rings. The number of thiophene rings is 1. The molecular formula is C16H18N2O5S2. The van der Waals surface area contributed by atoms with Crippen LogP contribution in [0.15, 0.2) is 39.4 Å². The lowest BCUT2D eigenvalue weighted by Gasteiger charge is -2.16. The Morgan fingerprint density at radius 1 is 1.32 bits per heavy atom. The molecule has 2 aromatic rings. The highest BCUT2D eigenvalue weighted by Crippen LogP contribution is 2.35. The number of anilines is 1. The van der Waals surface area contributed by atoms with Gasteiger partial charge in [0.1, 0.15) is 16.4 Å². The number of aliphatic hydroxyl groups is 1. The second-order valence-corrected chi connectivity index (χ2v) is 8.33. The summed E-state index contributed by atoms with van der Waals surface area (Å²) in [6.45, 7) is 2.63. The maximum absolute atomic E-state index is 12.8. The van der Waals surface area contributed by atoms with Gasteiger partial charge in [0.2, 0.25) is 0 Å². The second kappa shape index (κ2) is 7.34. The van der Waals surface area contributed by atoms with Crippen molar-refractivity contribution in [1.82, 2.24) is 0 Å². The van der Waals surface area contributed by atoms with Crippen LogP contribution in [-0.4, -0.2) is 33.8 Å². The van der Waals surface area contributed by atoms with Gasteiger partial charge in [-0.25, -0.2) is 4.21 Å². The van der Waals surface area contributed by atoms with Crippen molar-refractivity contribution < 1.29 is 23.6 Å². The van der Waals surface area contributed by atoms with E-state index in [0.717, 1.165) is 11.3 Å². The molecule has 1 aromatic carbocycles. The van der Waals surface area contributed by atoms with Gasteiger partial charge in [-0.05, 0) is 32.0 Å². The van der Waals surface area contributed by atoms with Crippen LogP contribution in [0.2, 0.25) is 0 Å². The largest absolute Gasteiger partial charge is 0.495 e. The zero-order valence-electron chi connectivity index (χ0n) is 13.9. The van der Waals surface area contributed by atoms with E-state index in [9.17, 15) is 18.9 Å². The molecule has 1 unspecified atom stereocenters. The normalized spacial score (nSPS) is 12.5. The number of rotatable bonds is 6. The van der Waals surface area contributed by atoms with Crippen LogP contribution in [0, 0.1) is 0 Å². The molecule has 1 aromatic heterocycles. The molecule has 7 nitrogen and oxygen atoms in total. The Hall–Kier alpha value is -2.23. The fraction of sp³-hybridized carbons (Fsp3) is 0.250. The number of amides is 2. The van der Waals surface area contributed by atoms with Gasteiger partial charge in [0.15, 0.2) is 0 Å². The zero-order valence-corrected chi connectivity index (χ0v) is 15.5. The molecule has 0 saturated heterocycles. The van der Waals surface area contributed by atoms with Gasteiger partial charge in [-0.15, -0.1) is 11.3 Å². The number of hydrogen-bond acceptors (Lipinski definition) is 6. The fourth-order valence-electron chi connectivity index (χ4n) is 1.87. The number of carbonyl (C=O) groups is 2. The third-order valence-electron chi connectivity index (χ3n) is 3.21. The van der Waals surface area contributed by atoms with Crippen LogP contribution in [0.4, 0.5) is 5.00 Å². The number of nitrogens with two attached hydrogens (primary N) is 1. The molecule has 9 heteroatoms. The van der Waals surface area contributed by atoms with Crippen molar-refractivity contribution in [2.45, 2.75) is 28.6 Å². The summed E-state index contributed by atoms with van der Waals surface area (Å²) in [6, 6.07) is 8.16. The first kappa shape index (κ1) is 19.1. The van der Waals surface area contributed by atoms with Crippen LogP contribution in [0.25, 0.3) is 0 Å². The van der Waals surface area contributed by atoms with E-state index < -0.39 is 28.2 Å². The summed E-state index contributed by atoms with van der Waals surface area (Å²) in [4.78, 5) is 24.0. The van der Waals surface area contributed by atoms with Crippen molar-refractivity contribution in [2.24, 2.45) is 5.73 Å². The highest BCUT2D eigenvalue weighted by atomic mass is 32.2. The second-order valence-electron chi connectivity index (χ2n) is 5.61. The highest BCUT2D eigenvalue weighted by Gasteiger charge is 2.27. The van der Waals surface area contributed by atoms with Gasteiger partial charge in [0, 0.05) is 0 Å². The van der Waals surface area contributed by atoms with Crippen molar-refractivity contribution >= 4 is 39.0 Å². The summed E-state index contributed by atoms with van der Waals surface area (Å²) in [5.74, 6) is -1.03. The number of ether oxygens (including phenoxy) is 1. The van der Waals surface area contributed by atoms with Gasteiger partial charge in [-0.2, -0.15) is 0 Å². The van der Waals surface area contributed by atoms with Crippen LogP contribution in [0.3, 0.4) is 0 Å². The predicted octanol–water partition coefficient (Wildman–Crippen LogP) is 1.73. The number of para-hydroxylation sites is 1. The minimum Gasteiger partial charge on any atom is -0.495 e. The quantitative estimate of drug-likeness (QED) is 0.703. The van der Waals surface area contributed by atoms with Crippen LogP contribution >= 0.6 is 11.3 Å². The highest BCUT2D eigenvalue weighted by molar-refractivity contribution is 7.87. The summed E-state index contributed by atoms with van der Waals surface area (Å²) in [5.41, 5.74) is 3.73. The van der Waals surface area contributed by atoms with E-state index in [-0.39, 0.29) is 10.6 Å². The van der Waals surface area contributed by atoms with Crippen LogP contribution in [0.1, 0.15) is 24.2 Å². The average Bonchev–Trinajstić information content (AvgIpc) is 2.97. The summed E-state index contributed by atoms with van der Waals surface area (Å²) >= 11 is 0.955. The van der Waals surface area contributed by atoms with Crippen molar-refractivity contribution in [1.29, 1.82) is 0 Å². The maximum atomic E-state index is 12.8. The van der Waals surface area contributed by atoms with E-state index in [1.807, 2.05) is 0 Å². The van der Waals surface area contributed by atoms with E-state index in [1.165, 1.54) is 27.0 Å². The molecule has 0 aliphatic heterocycles. The van der Waals surface area contributed by atoms with Gasteiger partial charge in [0.05, 0.1) is 32.6 Å². The van der Waals surface area contributed by atoms with Gasteiger partial charge in [0.25, 0.3) is 11.8 Å². The fourth-order valence-corrected chi connectivity index (χ4v) is 4.46. The minimum atomic E-state index is -1.64. The van der Waals surface area contributed by atoms with Crippen molar-refractivity contribution in [3.63, 3.8) is 0 Å². The zero-order chi connectivity index (χ0) is 18.8. The topological polar surface area (TPSA) is 119 Å².